The van der Waals surface area contributed by atoms with Crippen molar-refractivity contribution >= 4 is 21.8 Å². The molecule has 0 saturated carbocycles. The Balaban J connectivity index is 1.56. The van der Waals surface area contributed by atoms with Crippen molar-refractivity contribution in [3.05, 3.63) is 34.3 Å². The molecule has 0 bridgehead atoms. The van der Waals surface area contributed by atoms with Gasteiger partial charge in [-0.1, -0.05) is 22.4 Å². The number of hydrogen-bond acceptors (Lipinski definition) is 2. The second kappa shape index (κ2) is 6.93. The lowest BCUT2D eigenvalue weighted by atomic mass is 9.83. The Hall–Kier alpha value is -0.870. The van der Waals surface area contributed by atoms with Crippen molar-refractivity contribution in [2.45, 2.75) is 38.1 Å². The summed E-state index contributed by atoms with van der Waals surface area (Å²) >= 11 is 3.40. The first kappa shape index (κ1) is 15.0. The zero-order valence-electron chi connectivity index (χ0n) is 12.4. The summed E-state index contributed by atoms with van der Waals surface area (Å²) < 4.78 is 1.00. The van der Waals surface area contributed by atoms with Gasteiger partial charge in [-0.25, -0.2) is 0 Å². The molecule has 2 saturated heterocycles. The van der Waals surface area contributed by atoms with Crippen LogP contribution >= 0.6 is 15.9 Å². The quantitative estimate of drug-likeness (QED) is 0.905. The minimum atomic E-state index is 0.0513. The number of carbonyl (C=O) groups excluding carboxylic acids is 1. The predicted molar refractivity (Wildman–Crippen MR) is 88.4 cm³/mol. The van der Waals surface area contributed by atoms with E-state index in [4.69, 9.17) is 0 Å². The number of carbonyl (C=O) groups is 1. The average Bonchev–Trinajstić information content (AvgIpc) is 2.53. The molecule has 21 heavy (non-hydrogen) atoms. The van der Waals surface area contributed by atoms with E-state index in [2.05, 4.69) is 26.1 Å². The molecule has 1 aromatic rings. The standard InChI is InChI=1S/C17H23BrN2O/c18-15-8-6-13(7-9-15)17(21)19-12-14-4-3-11-20-10-2-1-5-16(14)20/h6-9,14,16H,1-5,10-12H2,(H,19,21)/t14-,16-/m0/s1. The third-order valence-electron chi connectivity index (χ3n) is 4.86. The second-order valence-corrected chi connectivity index (χ2v) is 7.13. The van der Waals surface area contributed by atoms with E-state index in [0.29, 0.717) is 12.0 Å². The molecule has 1 aromatic carbocycles. The van der Waals surface area contributed by atoms with E-state index in [9.17, 15) is 4.79 Å². The highest BCUT2D eigenvalue weighted by molar-refractivity contribution is 9.10. The average molecular weight is 351 g/mol. The lowest BCUT2D eigenvalue weighted by Gasteiger charge is -2.44. The number of benzene rings is 1. The second-order valence-electron chi connectivity index (χ2n) is 6.22. The molecule has 0 aliphatic carbocycles. The molecule has 1 N–H and O–H groups in total. The molecule has 2 heterocycles. The van der Waals surface area contributed by atoms with Crippen LogP contribution in [0.4, 0.5) is 0 Å². The zero-order valence-corrected chi connectivity index (χ0v) is 13.9. The maximum Gasteiger partial charge on any atom is 0.251 e. The Morgan fingerprint density at radius 1 is 1.14 bits per heavy atom. The van der Waals surface area contributed by atoms with Gasteiger partial charge in [0.05, 0.1) is 0 Å². The summed E-state index contributed by atoms with van der Waals surface area (Å²) in [6, 6.07) is 8.26. The fraction of sp³-hybridized carbons (Fsp3) is 0.588. The molecule has 0 spiro atoms. The van der Waals surface area contributed by atoms with Crippen LogP contribution in [0.1, 0.15) is 42.5 Å². The first-order valence-corrected chi connectivity index (χ1v) is 8.81. The SMILES string of the molecule is O=C(NC[C@@H]1CCCN2CCCC[C@@H]12)c1ccc(Br)cc1. The molecule has 0 unspecified atom stereocenters. The van der Waals surface area contributed by atoms with Crippen molar-refractivity contribution in [2.75, 3.05) is 19.6 Å². The van der Waals surface area contributed by atoms with Gasteiger partial charge >= 0.3 is 0 Å². The van der Waals surface area contributed by atoms with Crippen LogP contribution in [0.3, 0.4) is 0 Å². The summed E-state index contributed by atoms with van der Waals surface area (Å²) in [6.07, 6.45) is 6.52. The van der Waals surface area contributed by atoms with Gasteiger partial charge in [-0.05, 0) is 69.0 Å². The Morgan fingerprint density at radius 3 is 2.71 bits per heavy atom. The van der Waals surface area contributed by atoms with Gasteiger partial charge in [-0.3, -0.25) is 4.79 Å². The van der Waals surface area contributed by atoms with Crippen molar-refractivity contribution < 1.29 is 4.79 Å². The van der Waals surface area contributed by atoms with Gasteiger partial charge in [-0.2, -0.15) is 0 Å². The fourth-order valence-electron chi connectivity index (χ4n) is 3.74. The van der Waals surface area contributed by atoms with Crippen LogP contribution in [0.5, 0.6) is 0 Å². The van der Waals surface area contributed by atoms with Gasteiger partial charge in [0.25, 0.3) is 5.91 Å². The van der Waals surface area contributed by atoms with E-state index in [1.54, 1.807) is 0 Å². The van der Waals surface area contributed by atoms with Gasteiger partial charge in [0.2, 0.25) is 0 Å². The third kappa shape index (κ3) is 3.67. The van der Waals surface area contributed by atoms with Gasteiger partial charge in [0.1, 0.15) is 0 Å². The third-order valence-corrected chi connectivity index (χ3v) is 5.39. The van der Waals surface area contributed by atoms with E-state index in [0.717, 1.165) is 16.6 Å². The number of fused-ring (bicyclic) bond motifs is 1. The summed E-state index contributed by atoms with van der Waals surface area (Å²) in [5.41, 5.74) is 0.745. The zero-order chi connectivity index (χ0) is 14.7. The molecule has 3 rings (SSSR count). The lowest BCUT2D eigenvalue weighted by molar-refractivity contribution is 0.0575. The van der Waals surface area contributed by atoms with Crippen LogP contribution in [0.15, 0.2) is 28.7 Å². The highest BCUT2D eigenvalue weighted by atomic mass is 79.9. The number of rotatable bonds is 3. The predicted octanol–water partition coefficient (Wildman–Crippen LogP) is 3.44. The van der Waals surface area contributed by atoms with E-state index in [1.807, 2.05) is 24.3 Å². The van der Waals surface area contributed by atoms with Crippen LogP contribution < -0.4 is 5.32 Å². The number of nitrogens with zero attached hydrogens (tertiary/aromatic N) is 1. The monoisotopic (exact) mass is 350 g/mol. The van der Waals surface area contributed by atoms with Crippen molar-refractivity contribution in [1.29, 1.82) is 0 Å². The highest BCUT2D eigenvalue weighted by Gasteiger charge is 2.32. The Bertz CT molecular complexity index is 486. The van der Waals surface area contributed by atoms with Gasteiger partial charge < -0.3 is 10.2 Å². The van der Waals surface area contributed by atoms with E-state index in [1.165, 1.54) is 45.2 Å². The van der Waals surface area contributed by atoms with Gasteiger partial charge in [-0.15, -0.1) is 0 Å². The molecule has 4 heteroatoms. The smallest absolute Gasteiger partial charge is 0.251 e. The summed E-state index contributed by atoms with van der Waals surface area (Å²) in [4.78, 5) is 14.9. The minimum absolute atomic E-state index is 0.0513. The molecule has 0 aromatic heterocycles. The Kier molecular flexibility index (Phi) is 4.96. The van der Waals surface area contributed by atoms with Gasteiger partial charge in [0, 0.05) is 22.6 Å². The first-order valence-electron chi connectivity index (χ1n) is 8.02. The topological polar surface area (TPSA) is 32.3 Å². The molecule has 2 atom stereocenters. The van der Waals surface area contributed by atoms with Crippen molar-refractivity contribution in [3.8, 4) is 0 Å². The first-order chi connectivity index (χ1) is 10.2. The van der Waals surface area contributed by atoms with E-state index < -0.39 is 0 Å². The molecule has 2 aliphatic heterocycles. The van der Waals surface area contributed by atoms with Crippen LogP contribution in [0, 0.1) is 5.92 Å². The number of nitrogens with one attached hydrogen (secondary N) is 1. The fourth-order valence-corrected chi connectivity index (χ4v) is 4.01. The molecule has 2 aliphatic rings. The van der Waals surface area contributed by atoms with Crippen LogP contribution in [0.2, 0.25) is 0 Å². The molecule has 0 radical (unpaired) electrons. The summed E-state index contributed by atoms with van der Waals surface area (Å²) in [5.74, 6) is 0.675. The van der Waals surface area contributed by atoms with Gasteiger partial charge in [0.15, 0.2) is 0 Å². The van der Waals surface area contributed by atoms with Crippen molar-refractivity contribution in [3.63, 3.8) is 0 Å². The molecule has 3 nitrogen and oxygen atoms in total. The summed E-state index contributed by atoms with van der Waals surface area (Å²) in [5, 5.41) is 3.14. The largest absolute Gasteiger partial charge is 0.352 e. The number of piperidine rings is 2. The maximum atomic E-state index is 12.2. The Labute approximate surface area is 135 Å². The molecule has 1 amide bonds. The summed E-state index contributed by atoms with van der Waals surface area (Å²) in [7, 11) is 0. The molecule has 2 fully saturated rings. The van der Waals surface area contributed by atoms with Crippen LogP contribution in [-0.2, 0) is 0 Å². The van der Waals surface area contributed by atoms with Crippen molar-refractivity contribution in [1.82, 2.24) is 10.2 Å². The highest BCUT2D eigenvalue weighted by Crippen LogP contribution is 2.30. The van der Waals surface area contributed by atoms with E-state index in [-0.39, 0.29) is 5.91 Å². The molecular formula is C17H23BrN2O. The normalized spacial score (nSPS) is 26.1. The minimum Gasteiger partial charge on any atom is -0.352 e. The van der Waals surface area contributed by atoms with Crippen molar-refractivity contribution in [2.24, 2.45) is 5.92 Å². The van der Waals surface area contributed by atoms with Crippen LogP contribution in [-0.4, -0.2) is 36.5 Å². The van der Waals surface area contributed by atoms with E-state index >= 15 is 0 Å². The number of amides is 1. The van der Waals surface area contributed by atoms with Crippen LogP contribution in [0.25, 0.3) is 0 Å². The molecule has 114 valence electrons. The lowest BCUT2D eigenvalue weighted by Crippen LogP contribution is -2.51. The Morgan fingerprint density at radius 2 is 1.90 bits per heavy atom. The molecular weight excluding hydrogens is 328 g/mol. The maximum absolute atomic E-state index is 12.2. The number of hydrogen-bond donors (Lipinski definition) is 1. The summed E-state index contributed by atoms with van der Waals surface area (Å²) in [6.45, 7) is 3.32. The number of halogens is 1.